The smallest absolute Gasteiger partial charge is 0.338 e. The van der Waals surface area contributed by atoms with Crippen LogP contribution in [0.4, 0.5) is 11.4 Å². The number of benzene rings is 3. The molecular weight excluding hydrogens is 604 g/mol. The van der Waals surface area contributed by atoms with Crippen LogP contribution >= 0.6 is 0 Å². The van der Waals surface area contributed by atoms with Crippen LogP contribution in [0.3, 0.4) is 0 Å². The summed E-state index contributed by atoms with van der Waals surface area (Å²) in [4.78, 5) is 59.2. The Morgan fingerprint density at radius 3 is 2.04 bits per heavy atom. The number of hydrogen-bond donors (Lipinski definition) is 1. The van der Waals surface area contributed by atoms with Crippen LogP contribution < -0.4 is 10.1 Å². The number of ketones is 1. The number of anilines is 1. The van der Waals surface area contributed by atoms with Gasteiger partial charge in [0, 0.05) is 35.5 Å². The molecule has 0 aliphatic rings. The molecule has 3 aromatic carbocycles. The minimum Gasteiger partial charge on any atom is -0.494 e. The van der Waals surface area contributed by atoms with E-state index < -0.39 is 17.9 Å². The summed E-state index contributed by atoms with van der Waals surface area (Å²) in [7, 11) is 1.69. The Morgan fingerprint density at radius 2 is 1.40 bits per heavy atom. The largest absolute Gasteiger partial charge is 0.494 e. The Balaban J connectivity index is 1.32. The minimum absolute atomic E-state index is 0.0586. The quantitative estimate of drug-likeness (QED) is 0.0369. The summed E-state index contributed by atoms with van der Waals surface area (Å²) in [5.41, 5.74) is 3.02. The summed E-state index contributed by atoms with van der Waals surface area (Å²) in [6, 6.07) is 18.3. The molecule has 0 radical (unpaired) electrons. The summed E-state index contributed by atoms with van der Waals surface area (Å²) in [5, 5.41) is 5.76. The number of hydrogen-bond acceptors (Lipinski definition) is 11. The first-order valence-electron chi connectivity index (χ1n) is 15.1. The number of nitrogens with one attached hydrogen (secondary N) is 1. The molecule has 0 aliphatic heterocycles. The Kier molecular flexibility index (Phi) is 14.5. The van der Waals surface area contributed by atoms with E-state index in [0.717, 1.165) is 19.3 Å². The number of carbonyl (C=O) groups is 4. The van der Waals surface area contributed by atoms with Gasteiger partial charge in [0.2, 0.25) is 0 Å². The van der Waals surface area contributed by atoms with Crippen molar-refractivity contribution in [3.8, 4) is 5.75 Å². The molecule has 11 nitrogen and oxygen atoms in total. The molecule has 0 fully saturated rings. The van der Waals surface area contributed by atoms with E-state index in [1.54, 1.807) is 73.8 Å². The number of nitrogens with zero attached hydrogens (tertiary/aromatic N) is 1. The number of esters is 3. The molecule has 246 valence electrons. The maximum Gasteiger partial charge on any atom is 0.338 e. The summed E-state index contributed by atoms with van der Waals surface area (Å²) in [5.74, 6) is -1.12. The molecule has 1 N–H and O–H groups in total. The molecule has 0 atom stereocenters. The molecule has 0 aliphatic carbocycles. The first-order valence-corrected chi connectivity index (χ1v) is 15.1. The maximum atomic E-state index is 12.9. The number of ether oxygens (including phenoxy) is 4. The molecule has 0 spiro atoms. The fraction of sp³-hybridized carbons (Fsp3) is 0.278. The van der Waals surface area contributed by atoms with E-state index in [0.29, 0.717) is 41.2 Å². The van der Waals surface area contributed by atoms with E-state index in [9.17, 15) is 24.1 Å². The van der Waals surface area contributed by atoms with E-state index in [-0.39, 0.29) is 42.4 Å². The molecule has 0 bridgehead atoms. The normalized spacial score (nSPS) is 10.6. The molecular formula is C36H38N2O9. The number of unbranched alkanes of at least 4 members (excludes halogenated alkanes) is 3. The number of nitroso groups, excluding NO2 is 1. The maximum absolute atomic E-state index is 12.9. The Morgan fingerprint density at radius 1 is 0.766 bits per heavy atom. The van der Waals surface area contributed by atoms with Crippen LogP contribution in [0.2, 0.25) is 0 Å². The van der Waals surface area contributed by atoms with E-state index in [2.05, 4.69) is 17.1 Å². The standard InChI is InChI=1S/C36H38N2O9/c1-25(2)35(41)47-21-20-45-33(39)17-10-26-8-11-27(12-9-26)34(40)28-13-15-32(16-14-28)44-18-6-4-5-7-19-46-36(42)29-22-30(37-3)24-31(23-29)38-43/h8-17,22-24,37H,1,4-7,18-21H2,2-3H3/b17-10+. The van der Waals surface area contributed by atoms with E-state index in [4.69, 9.17) is 18.9 Å². The third-order valence-electron chi connectivity index (χ3n) is 6.70. The van der Waals surface area contributed by atoms with Crippen LogP contribution in [0.25, 0.3) is 6.08 Å². The van der Waals surface area contributed by atoms with Crippen molar-refractivity contribution in [2.24, 2.45) is 5.18 Å². The van der Waals surface area contributed by atoms with E-state index in [1.165, 1.54) is 19.1 Å². The lowest BCUT2D eigenvalue weighted by Gasteiger charge is -2.08. The highest BCUT2D eigenvalue weighted by Crippen LogP contribution is 2.22. The summed E-state index contributed by atoms with van der Waals surface area (Å²) < 4.78 is 21.0. The Bertz CT molecular complexity index is 1580. The van der Waals surface area contributed by atoms with Crippen molar-refractivity contribution < 1.29 is 38.1 Å². The van der Waals surface area contributed by atoms with Gasteiger partial charge in [-0.05, 0) is 91.9 Å². The van der Waals surface area contributed by atoms with Gasteiger partial charge >= 0.3 is 17.9 Å². The highest BCUT2D eigenvalue weighted by atomic mass is 16.6. The van der Waals surface area contributed by atoms with E-state index in [1.807, 2.05) is 0 Å². The Labute approximate surface area is 273 Å². The summed E-state index contributed by atoms with van der Waals surface area (Å²) in [6.45, 7) is 5.65. The molecule has 11 heteroatoms. The zero-order chi connectivity index (χ0) is 34.0. The Hall–Kier alpha value is -5.58. The average Bonchev–Trinajstić information content (AvgIpc) is 3.09. The molecule has 47 heavy (non-hydrogen) atoms. The van der Waals surface area contributed by atoms with Crippen LogP contribution in [-0.4, -0.2) is 57.2 Å². The first-order chi connectivity index (χ1) is 22.7. The van der Waals surface area contributed by atoms with Crippen molar-refractivity contribution in [2.45, 2.75) is 32.6 Å². The molecule has 0 unspecified atom stereocenters. The SMILES string of the molecule is C=C(C)C(=O)OCCOC(=O)/C=C/c1ccc(C(=O)c2ccc(OCCCCCCOC(=O)c3cc(N=O)cc(NC)c3)cc2)cc1. The van der Waals surface area contributed by atoms with Gasteiger partial charge in [0.1, 0.15) is 24.7 Å². The van der Waals surface area contributed by atoms with Gasteiger partial charge in [-0.3, -0.25) is 4.79 Å². The second-order valence-corrected chi connectivity index (χ2v) is 10.4. The van der Waals surface area contributed by atoms with Crippen LogP contribution in [0.15, 0.2) is 90.1 Å². The lowest BCUT2D eigenvalue weighted by Crippen LogP contribution is -2.12. The predicted octanol–water partition coefficient (Wildman–Crippen LogP) is 6.83. The zero-order valence-corrected chi connectivity index (χ0v) is 26.5. The lowest BCUT2D eigenvalue weighted by molar-refractivity contribution is -0.146. The van der Waals surface area contributed by atoms with Crippen molar-refractivity contribution in [1.82, 2.24) is 0 Å². The van der Waals surface area contributed by atoms with Gasteiger partial charge in [0.25, 0.3) is 0 Å². The van der Waals surface area contributed by atoms with Gasteiger partial charge in [0.15, 0.2) is 5.78 Å². The molecule has 0 saturated carbocycles. The van der Waals surface area contributed by atoms with Crippen LogP contribution in [-0.2, 0) is 23.8 Å². The van der Waals surface area contributed by atoms with Gasteiger partial charge in [-0.25, -0.2) is 14.4 Å². The third kappa shape index (κ3) is 12.4. The van der Waals surface area contributed by atoms with Gasteiger partial charge < -0.3 is 24.3 Å². The van der Waals surface area contributed by atoms with Gasteiger partial charge in [-0.15, -0.1) is 4.91 Å². The highest BCUT2D eigenvalue weighted by Gasteiger charge is 2.11. The minimum atomic E-state index is -0.584. The molecule has 3 rings (SSSR count). The summed E-state index contributed by atoms with van der Waals surface area (Å²) >= 11 is 0. The monoisotopic (exact) mass is 642 g/mol. The fourth-order valence-corrected chi connectivity index (χ4v) is 4.15. The van der Waals surface area contributed by atoms with Gasteiger partial charge in [0.05, 0.1) is 18.8 Å². The highest BCUT2D eigenvalue weighted by molar-refractivity contribution is 6.09. The van der Waals surface area contributed by atoms with Crippen LogP contribution in [0.1, 0.15) is 64.4 Å². The second-order valence-electron chi connectivity index (χ2n) is 10.4. The topological polar surface area (TPSA) is 147 Å². The molecule has 0 saturated heterocycles. The molecule has 3 aromatic rings. The van der Waals surface area contributed by atoms with Crippen molar-refractivity contribution in [3.05, 3.63) is 112 Å². The fourth-order valence-electron chi connectivity index (χ4n) is 4.15. The van der Waals surface area contributed by atoms with Gasteiger partial charge in [-0.1, -0.05) is 30.8 Å². The average molecular weight is 643 g/mol. The lowest BCUT2D eigenvalue weighted by atomic mass is 10.0. The van der Waals surface area contributed by atoms with Crippen molar-refractivity contribution >= 4 is 41.1 Å². The van der Waals surface area contributed by atoms with Crippen molar-refractivity contribution in [2.75, 3.05) is 38.8 Å². The van der Waals surface area contributed by atoms with Crippen LogP contribution in [0.5, 0.6) is 5.75 Å². The molecule has 0 heterocycles. The molecule has 0 aromatic heterocycles. The van der Waals surface area contributed by atoms with Crippen molar-refractivity contribution in [1.29, 1.82) is 0 Å². The zero-order valence-electron chi connectivity index (χ0n) is 26.5. The third-order valence-corrected chi connectivity index (χ3v) is 6.70. The first kappa shape index (κ1) is 35.9. The van der Waals surface area contributed by atoms with Gasteiger partial charge in [-0.2, -0.15) is 0 Å². The van der Waals surface area contributed by atoms with Crippen LogP contribution in [0, 0.1) is 4.91 Å². The van der Waals surface area contributed by atoms with Crippen molar-refractivity contribution in [3.63, 3.8) is 0 Å². The number of rotatable bonds is 19. The van der Waals surface area contributed by atoms with E-state index >= 15 is 0 Å². The summed E-state index contributed by atoms with van der Waals surface area (Å²) in [6.07, 6.45) is 6.08. The second kappa shape index (κ2) is 19.1. The molecule has 0 amide bonds. The number of carbonyl (C=O) groups excluding carboxylic acids is 4. The predicted molar refractivity (Wildman–Crippen MR) is 178 cm³/mol.